The number of nitrogens with one attached hydrogen (secondary N) is 1. The topological polar surface area (TPSA) is 92.8 Å². The molecule has 1 saturated carbocycles. The number of carbonyl (C=O) groups is 4. The number of fused-ring (bicyclic) bond motifs is 1. The van der Waals surface area contributed by atoms with Crippen LogP contribution in [-0.4, -0.2) is 41.2 Å². The fourth-order valence-electron chi connectivity index (χ4n) is 3.80. The van der Waals surface area contributed by atoms with Crippen LogP contribution in [0, 0.1) is 24.6 Å². The summed E-state index contributed by atoms with van der Waals surface area (Å²) in [6.07, 6.45) is 3.10. The number of amides is 3. The predicted octanol–water partition coefficient (Wildman–Crippen LogP) is 2.18. The molecule has 0 radical (unpaired) electrons. The van der Waals surface area contributed by atoms with Gasteiger partial charge in [0.1, 0.15) is 11.9 Å². The van der Waals surface area contributed by atoms with Crippen molar-refractivity contribution in [3.8, 4) is 0 Å². The fourth-order valence-corrected chi connectivity index (χ4v) is 3.80. The molecule has 1 aromatic carbocycles. The lowest BCUT2D eigenvalue weighted by Crippen LogP contribution is -2.45. The fraction of sp³-hybridized carbons (Fsp3) is 0.500. The number of benzene rings is 1. The molecule has 0 spiro atoms. The maximum atomic E-state index is 13.5. The predicted molar refractivity (Wildman–Crippen MR) is 97.5 cm³/mol. The molecule has 8 heteroatoms. The first-order chi connectivity index (χ1) is 13.3. The average Bonchev–Trinajstić information content (AvgIpc) is 2.93. The first-order valence-corrected chi connectivity index (χ1v) is 9.39. The van der Waals surface area contributed by atoms with Crippen molar-refractivity contribution in [2.24, 2.45) is 11.8 Å². The van der Waals surface area contributed by atoms with Gasteiger partial charge in [-0.2, -0.15) is 0 Å². The summed E-state index contributed by atoms with van der Waals surface area (Å²) in [7, 11) is 0. The van der Waals surface area contributed by atoms with E-state index in [1.54, 1.807) is 6.92 Å². The van der Waals surface area contributed by atoms with Gasteiger partial charge in [-0.1, -0.05) is 18.9 Å². The Hall–Kier alpha value is -2.77. The molecule has 1 heterocycles. The van der Waals surface area contributed by atoms with E-state index in [2.05, 4.69) is 5.32 Å². The van der Waals surface area contributed by atoms with Gasteiger partial charge in [0.25, 0.3) is 5.91 Å². The lowest BCUT2D eigenvalue weighted by Gasteiger charge is -2.21. The Kier molecular flexibility index (Phi) is 5.76. The number of hydrogen-bond acceptors (Lipinski definition) is 5. The number of rotatable bonds is 5. The van der Waals surface area contributed by atoms with Gasteiger partial charge in [0, 0.05) is 5.69 Å². The first-order valence-electron chi connectivity index (χ1n) is 9.39. The number of hydrogen-bond donors (Lipinski definition) is 1. The Bertz CT molecular complexity index is 801. The zero-order valence-corrected chi connectivity index (χ0v) is 15.9. The van der Waals surface area contributed by atoms with Crippen LogP contribution < -0.4 is 5.32 Å². The number of ether oxygens (including phenoxy) is 1. The average molecular weight is 390 g/mol. The van der Waals surface area contributed by atoms with Crippen LogP contribution in [0.25, 0.3) is 0 Å². The van der Waals surface area contributed by atoms with Gasteiger partial charge in [-0.15, -0.1) is 0 Å². The summed E-state index contributed by atoms with van der Waals surface area (Å²) in [5.74, 6) is -3.30. The normalized spacial score (nSPS) is 22.6. The third kappa shape index (κ3) is 3.90. The Morgan fingerprint density at radius 2 is 1.82 bits per heavy atom. The van der Waals surface area contributed by atoms with E-state index in [0.29, 0.717) is 18.4 Å². The Morgan fingerprint density at radius 3 is 2.39 bits per heavy atom. The molecule has 0 aromatic heterocycles. The Balaban J connectivity index is 1.55. The standard InChI is InChI=1S/C20H23FN2O5/c1-11-7-8-13(9-16(11)21)22-17(24)10-28-20(27)12(2)23-18(25)14-5-3-4-6-15(14)19(23)26/h7-9,12,14-15H,3-6,10H2,1-2H3,(H,22,24)/t12-,14-,15-/m0/s1. The van der Waals surface area contributed by atoms with Gasteiger partial charge in [-0.25, -0.2) is 9.18 Å². The highest BCUT2D eigenvalue weighted by Gasteiger charge is 2.51. The number of aryl methyl sites for hydroxylation is 1. The zero-order chi connectivity index (χ0) is 20.4. The van der Waals surface area contributed by atoms with Crippen LogP contribution in [0.2, 0.25) is 0 Å². The lowest BCUT2D eigenvalue weighted by molar-refractivity contribution is -0.159. The molecule has 2 fully saturated rings. The largest absolute Gasteiger partial charge is 0.454 e. The number of esters is 1. The zero-order valence-electron chi connectivity index (χ0n) is 15.9. The molecule has 0 bridgehead atoms. The van der Waals surface area contributed by atoms with Gasteiger partial charge in [0.05, 0.1) is 11.8 Å². The second kappa shape index (κ2) is 8.08. The summed E-state index contributed by atoms with van der Waals surface area (Å²) in [6.45, 7) is 2.42. The molecule has 1 aliphatic heterocycles. The molecule has 150 valence electrons. The molecule has 28 heavy (non-hydrogen) atoms. The van der Waals surface area contributed by atoms with Crippen molar-refractivity contribution in [2.75, 3.05) is 11.9 Å². The third-order valence-corrected chi connectivity index (χ3v) is 5.40. The minimum atomic E-state index is -1.09. The van der Waals surface area contributed by atoms with Crippen molar-refractivity contribution < 1.29 is 28.3 Å². The van der Waals surface area contributed by atoms with Crippen molar-refractivity contribution in [1.82, 2.24) is 4.90 Å². The van der Waals surface area contributed by atoms with Gasteiger partial charge in [-0.05, 0) is 44.4 Å². The van der Waals surface area contributed by atoms with Crippen molar-refractivity contribution in [3.05, 3.63) is 29.6 Å². The van der Waals surface area contributed by atoms with E-state index >= 15 is 0 Å². The minimum absolute atomic E-state index is 0.242. The molecular weight excluding hydrogens is 367 g/mol. The maximum Gasteiger partial charge on any atom is 0.329 e. The van der Waals surface area contributed by atoms with Gasteiger partial charge >= 0.3 is 5.97 Å². The van der Waals surface area contributed by atoms with Crippen LogP contribution >= 0.6 is 0 Å². The number of carbonyl (C=O) groups excluding carboxylic acids is 4. The van der Waals surface area contributed by atoms with Crippen LogP contribution in [-0.2, 0) is 23.9 Å². The summed E-state index contributed by atoms with van der Waals surface area (Å²) < 4.78 is 18.5. The molecule has 1 aliphatic carbocycles. The quantitative estimate of drug-likeness (QED) is 0.614. The molecule has 1 saturated heterocycles. The molecule has 3 amide bonds. The van der Waals surface area contributed by atoms with Crippen LogP contribution in [0.3, 0.4) is 0 Å². The molecule has 2 aliphatic rings. The number of anilines is 1. The van der Waals surface area contributed by atoms with Crippen molar-refractivity contribution in [1.29, 1.82) is 0 Å². The molecule has 0 unspecified atom stereocenters. The van der Waals surface area contributed by atoms with Crippen LogP contribution in [0.5, 0.6) is 0 Å². The van der Waals surface area contributed by atoms with Gasteiger partial charge in [0.15, 0.2) is 6.61 Å². The number of imide groups is 1. The maximum absolute atomic E-state index is 13.5. The summed E-state index contributed by atoms with van der Waals surface area (Å²) in [5, 5.41) is 2.43. The van der Waals surface area contributed by atoms with E-state index in [-0.39, 0.29) is 29.3 Å². The van der Waals surface area contributed by atoms with Crippen LogP contribution in [0.4, 0.5) is 10.1 Å². The summed E-state index contributed by atoms with van der Waals surface area (Å²) in [5.41, 5.74) is 0.685. The summed E-state index contributed by atoms with van der Waals surface area (Å²) in [6, 6.07) is 3.13. The first kappa shape index (κ1) is 20.0. The van der Waals surface area contributed by atoms with E-state index in [9.17, 15) is 23.6 Å². The lowest BCUT2D eigenvalue weighted by atomic mass is 9.81. The highest BCUT2D eigenvalue weighted by atomic mass is 19.1. The monoisotopic (exact) mass is 390 g/mol. The van der Waals surface area contributed by atoms with Crippen molar-refractivity contribution >= 4 is 29.4 Å². The van der Waals surface area contributed by atoms with Crippen LogP contribution in [0.1, 0.15) is 38.2 Å². The SMILES string of the molecule is Cc1ccc(NC(=O)COC(=O)[C@H](C)N2C(=O)[C@H]3CCCC[C@@H]3C2=O)cc1F. The highest BCUT2D eigenvalue weighted by molar-refractivity contribution is 6.08. The van der Waals surface area contributed by atoms with Gasteiger partial charge in [-0.3, -0.25) is 19.3 Å². The molecule has 1 aromatic rings. The van der Waals surface area contributed by atoms with Gasteiger partial charge < -0.3 is 10.1 Å². The number of halogens is 1. The third-order valence-electron chi connectivity index (χ3n) is 5.40. The second-order valence-corrected chi connectivity index (χ2v) is 7.34. The molecule has 3 rings (SSSR count). The van der Waals surface area contributed by atoms with Crippen LogP contribution in [0.15, 0.2) is 18.2 Å². The van der Waals surface area contributed by atoms with Gasteiger partial charge in [0.2, 0.25) is 11.8 Å². The van der Waals surface area contributed by atoms with Crippen molar-refractivity contribution in [2.45, 2.75) is 45.6 Å². The van der Waals surface area contributed by atoms with E-state index in [1.807, 2.05) is 0 Å². The molecular formula is C20H23FN2O5. The Morgan fingerprint density at radius 1 is 1.21 bits per heavy atom. The highest BCUT2D eigenvalue weighted by Crippen LogP contribution is 2.38. The van der Waals surface area contributed by atoms with E-state index < -0.39 is 30.3 Å². The molecule has 1 N–H and O–H groups in total. The summed E-state index contributed by atoms with van der Waals surface area (Å²) in [4.78, 5) is 50.2. The minimum Gasteiger partial charge on any atom is -0.454 e. The smallest absolute Gasteiger partial charge is 0.329 e. The molecule has 7 nitrogen and oxygen atoms in total. The van der Waals surface area contributed by atoms with E-state index in [1.165, 1.54) is 25.1 Å². The Labute approximate surface area is 162 Å². The summed E-state index contributed by atoms with van der Waals surface area (Å²) >= 11 is 0. The number of likely N-dealkylation sites (tertiary alicyclic amines) is 1. The molecule has 3 atom stereocenters. The van der Waals surface area contributed by atoms with Crippen molar-refractivity contribution in [3.63, 3.8) is 0 Å². The van der Waals surface area contributed by atoms with E-state index in [0.717, 1.165) is 17.7 Å². The number of nitrogens with zero attached hydrogens (tertiary/aromatic N) is 1. The second-order valence-electron chi connectivity index (χ2n) is 7.34. The van der Waals surface area contributed by atoms with E-state index in [4.69, 9.17) is 4.74 Å².